The number of nitro groups is 1. The number of carbonyl (C=O) groups is 1. The fraction of sp³-hybridized carbons (Fsp3) is 0.600. The van der Waals surface area contributed by atoms with Crippen LogP contribution in [0.3, 0.4) is 0 Å². The third kappa shape index (κ3) is 4.79. The van der Waals surface area contributed by atoms with Gasteiger partial charge in [0.25, 0.3) is 0 Å². The molecule has 1 aromatic heterocycles. The Morgan fingerprint density at radius 2 is 2.37 bits per heavy atom. The number of hydrogen-bond donors (Lipinski definition) is 1. The van der Waals surface area contributed by atoms with Crippen LogP contribution in [0.5, 0.6) is 0 Å². The van der Waals surface area contributed by atoms with Crippen LogP contribution in [0, 0.1) is 10.1 Å². The third-order valence-corrected chi connectivity index (χ3v) is 3.07. The first kappa shape index (κ1) is 15.3. The van der Waals surface area contributed by atoms with Gasteiger partial charge in [0, 0.05) is 19.7 Å². The molecule has 0 atom stereocenters. The lowest BCUT2D eigenvalue weighted by Crippen LogP contribution is -2.24. The molecule has 1 aromatic rings. The Hall–Kier alpha value is -1.74. The van der Waals surface area contributed by atoms with E-state index in [1.807, 2.05) is 6.92 Å². The smallest absolute Gasteiger partial charge is 0.343 e. The van der Waals surface area contributed by atoms with Gasteiger partial charge in [0.1, 0.15) is 0 Å². The molecule has 0 radical (unpaired) electrons. The van der Waals surface area contributed by atoms with Crippen LogP contribution in [0.2, 0.25) is 0 Å². The molecule has 0 saturated heterocycles. The summed E-state index contributed by atoms with van der Waals surface area (Å²) in [7, 11) is 0. The van der Waals surface area contributed by atoms with E-state index >= 15 is 0 Å². The van der Waals surface area contributed by atoms with E-state index in [4.69, 9.17) is 4.74 Å². The van der Waals surface area contributed by atoms with Gasteiger partial charge in [0.05, 0.1) is 17.7 Å². The van der Waals surface area contributed by atoms with Gasteiger partial charge in [0.15, 0.2) is 0 Å². The molecule has 19 heavy (non-hydrogen) atoms. The fourth-order valence-corrected chi connectivity index (χ4v) is 2.11. The Labute approximate surface area is 113 Å². The van der Waals surface area contributed by atoms with Crippen LogP contribution in [-0.4, -0.2) is 35.3 Å². The average molecular weight is 288 g/mol. The second-order valence-electron chi connectivity index (χ2n) is 3.45. The van der Waals surface area contributed by atoms with Gasteiger partial charge in [-0.05, 0) is 25.2 Å². The number of urea groups is 1. The molecule has 1 heterocycles. The van der Waals surface area contributed by atoms with Crippen molar-refractivity contribution in [3.8, 4) is 0 Å². The van der Waals surface area contributed by atoms with E-state index < -0.39 is 11.0 Å². The minimum absolute atomic E-state index is 0.0560. The zero-order valence-electron chi connectivity index (χ0n) is 10.8. The molecule has 106 valence electrons. The van der Waals surface area contributed by atoms with Gasteiger partial charge in [-0.25, -0.2) is 4.79 Å². The van der Waals surface area contributed by atoms with Crippen LogP contribution in [0.4, 0.5) is 9.80 Å². The molecule has 8 nitrogen and oxygen atoms in total. The number of nitrogens with one attached hydrogen (secondary N) is 1. The molecule has 0 bridgehead atoms. The summed E-state index contributed by atoms with van der Waals surface area (Å²) in [5.74, 6) is 0. The average Bonchev–Trinajstić information content (AvgIpc) is 2.73. The molecular formula is C10H16N4O4S. The van der Waals surface area contributed by atoms with Gasteiger partial charge in [-0.2, -0.15) is 4.99 Å². The molecule has 9 heteroatoms. The maximum absolute atomic E-state index is 11.4. The van der Waals surface area contributed by atoms with Crippen molar-refractivity contribution >= 4 is 22.4 Å². The lowest BCUT2D eigenvalue weighted by atomic mass is 10.6. The molecule has 0 aliphatic heterocycles. The summed E-state index contributed by atoms with van der Waals surface area (Å²) in [5, 5.41) is 13.2. The molecule has 0 spiro atoms. The highest BCUT2D eigenvalue weighted by molar-refractivity contribution is 7.12. The van der Waals surface area contributed by atoms with E-state index in [-0.39, 0.29) is 9.80 Å². The van der Waals surface area contributed by atoms with Crippen molar-refractivity contribution in [2.45, 2.75) is 20.4 Å². The largest absolute Gasteiger partial charge is 0.380 e. The van der Waals surface area contributed by atoms with Crippen LogP contribution >= 0.6 is 11.3 Å². The first-order chi connectivity index (χ1) is 9.08. The Morgan fingerprint density at radius 3 is 2.95 bits per heavy atom. The van der Waals surface area contributed by atoms with Crippen molar-refractivity contribution in [1.82, 2.24) is 9.88 Å². The van der Waals surface area contributed by atoms with E-state index in [1.165, 1.54) is 6.20 Å². The highest BCUT2D eigenvalue weighted by Crippen LogP contribution is 2.13. The number of thiazole rings is 1. The van der Waals surface area contributed by atoms with Gasteiger partial charge in [0.2, 0.25) is 4.80 Å². The van der Waals surface area contributed by atoms with Gasteiger partial charge in [-0.1, -0.05) is 0 Å². The van der Waals surface area contributed by atoms with Crippen LogP contribution in [0.1, 0.15) is 13.8 Å². The van der Waals surface area contributed by atoms with Crippen molar-refractivity contribution in [2.24, 2.45) is 4.99 Å². The van der Waals surface area contributed by atoms with Crippen LogP contribution in [0.25, 0.3) is 0 Å². The molecular weight excluding hydrogens is 272 g/mol. The highest BCUT2D eigenvalue weighted by Gasteiger charge is 2.13. The number of aromatic nitrogens is 1. The summed E-state index contributed by atoms with van der Waals surface area (Å²) in [6.07, 6.45) is 1.36. The maximum atomic E-state index is 11.4. The quantitative estimate of drug-likeness (QED) is 0.482. The lowest BCUT2D eigenvalue weighted by Gasteiger charge is -2.02. The van der Waals surface area contributed by atoms with Crippen molar-refractivity contribution < 1.29 is 14.5 Å². The van der Waals surface area contributed by atoms with E-state index in [0.29, 0.717) is 26.3 Å². The number of ether oxygens (including phenoxy) is 1. The summed E-state index contributed by atoms with van der Waals surface area (Å²) in [6, 6.07) is -0.510. The molecule has 1 rings (SSSR count). The second kappa shape index (κ2) is 7.64. The molecule has 0 unspecified atom stereocenters. The predicted octanol–water partition coefficient (Wildman–Crippen LogP) is 1.12. The van der Waals surface area contributed by atoms with Crippen molar-refractivity contribution in [3.63, 3.8) is 0 Å². The topological polar surface area (TPSA) is 98.8 Å². The van der Waals surface area contributed by atoms with Gasteiger partial charge < -0.3 is 14.6 Å². The summed E-state index contributed by atoms with van der Waals surface area (Å²) in [4.78, 5) is 25.7. The molecule has 0 aliphatic carbocycles. The van der Waals surface area contributed by atoms with E-state index in [0.717, 1.165) is 11.3 Å². The molecule has 1 N–H and O–H groups in total. The Kier molecular flexibility index (Phi) is 6.16. The normalized spacial score (nSPS) is 11.6. The van der Waals surface area contributed by atoms with Gasteiger partial charge in [-0.15, -0.1) is 0 Å². The number of carbonyl (C=O) groups excluding carboxylic acids is 1. The third-order valence-electron chi connectivity index (χ3n) is 2.09. The maximum Gasteiger partial charge on any atom is 0.343 e. The molecule has 0 fully saturated rings. The first-order valence-corrected chi connectivity index (χ1v) is 6.65. The standard InChI is InChI=1S/C10H16N4O4S/c1-3-11-9(15)12-10-13(5-6-18-4-2)7-8(19-10)14(16)17/h7H,3-6H2,1-2H3,(H,11,15). The van der Waals surface area contributed by atoms with E-state index in [2.05, 4.69) is 10.3 Å². The zero-order chi connectivity index (χ0) is 14.3. The van der Waals surface area contributed by atoms with Crippen molar-refractivity contribution in [2.75, 3.05) is 19.8 Å². The minimum Gasteiger partial charge on any atom is -0.380 e. The van der Waals surface area contributed by atoms with Crippen molar-refractivity contribution in [1.29, 1.82) is 0 Å². The summed E-state index contributed by atoms with van der Waals surface area (Å²) < 4.78 is 6.74. The monoisotopic (exact) mass is 288 g/mol. The number of rotatable bonds is 6. The Morgan fingerprint density at radius 1 is 1.63 bits per heavy atom. The van der Waals surface area contributed by atoms with E-state index in [1.54, 1.807) is 11.5 Å². The predicted molar refractivity (Wildman–Crippen MR) is 70.1 cm³/mol. The molecule has 0 saturated carbocycles. The van der Waals surface area contributed by atoms with E-state index in [9.17, 15) is 14.9 Å². The van der Waals surface area contributed by atoms with Crippen LogP contribution < -0.4 is 10.1 Å². The Bertz CT molecular complexity index is 508. The zero-order valence-corrected chi connectivity index (χ0v) is 11.6. The summed E-state index contributed by atoms with van der Waals surface area (Å²) in [6.45, 7) is 5.47. The lowest BCUT2D eigenvalue weighted by molar-refractivity contribution is -0.380. The van der Waals surface area contributed by atoms with Crippen molar-refractivity contribution in [3.05, 3.63) is 21.1 Å². The minimum atomic E-state index is -0.510. The molecule has 0 aliphatic rings. The van der Waals surface area contributed by atoms with Gasteiger partial charge in [-0.3, -0.25) is 10.1 Å². The first-order valence-electron chi connectivity index (χ1n) is 5.83. The molecule has 0 aromatic carbocycles. The highest BCUT2D eigenvalue weighted by atomic mass is 32.1. The second-order valence-corrected chi connectivity index (χ2v) is 4.43. The number of hydrogen-bond acceptors (Lipinski definition) is 5. The number of nitrogens with zero attached hydrogens (tertiary/aromatic N) is 3. The summed E-state index contributed by atoms with van der Waals surface area (Å²) >= 11 is 0.861. The SMILES string of the molecule is CCNC(=O)N=c1sc([N+](=O)[O-])cn1CCOCC. The van der Waals surface area contributed by atoms with Crippen LogP contribution in [-0.2, 0) is 11.3 Å². The number of amides is 2. The molecule has 2 amide bonds. The summed E-state index contributed by atoms with van der Waals surface area (Å²) in [5.41, 5.74) is 0. The van der Waals surface area contributed by atoms with Crippen LogP contribution in [0.15, 0.2) is 11.2 Å². The Balaban J connectivity index is 2.98. The van der Waals surface area contributed by atoms with Gasteiger partial charge >= 0.3 is 11.0 Å². The fourth-order valence-electron chi connectivity index (χ4n) is 1.28.